The van der Waals surface area contributed by atoms with Crippen molar-refractivity contribution < 1.29 is 14.6 Å². The lowest BCUT2D eigenvalue weighted by atomic mass is 10.1. The lowest BCUT2D eigenvalue weighted by molar-refractivity contribution is 0.0256. The molecule has 2 N–H and O–H groups in total. The lowest BCUT2D eigenvalue weighted by Crippen LogP contribution is -2.37. The number of benzene rings is 1. The van der Waals surface area contributed by atoms with Crippen molar-refractivity contribution in [1.29, 1.82) is 0 Å². The average molecular weight is 320 g/mol. The first kappa shape index (κ1) is 17.6. The van der Waals surface area contributed by atoms with E-state index in [0.717, 1.165) is 37.1 Å². The molecule has 1 aromatic carbocycles. The van der Waals surface area contributed by atoms with E-state index in [1.807, 2.05) is 45.0 Å². The normalized spacial score (nSPS) is 19.1. The molecule has 5 heteroatoms. The molecule has 1 heterocycles. The van der Waals surface area contributed by atoms with Crippen molar-refractivity contribution in [2.75, 3.05) is 18.4 Å². The molecule has 0 unspecified atom stereocenters. The van der Waals surface area contributed by atoms with Crippen LogP contribution < -0.4 is 5.32 Å². The number of amides is 1. The number of aliphatic hydroxyl groups excluding tert-OH is 1. The SMILES string of the molecule is CC(C)(C)OC(=O)N1CCC[C@H](Nc2ccccc2CO)CC1. The number of nitrogens with zero attached hydrogens (tertiary/aromatic N) is 1. The summed E-state index contributed by atoms with van der Waals surface area (Å²) in [5.74, 6) is 0. The van der Waals surface area contributed by atoms with Crippen LogP contribution in [0.5, 0.6) is 0 Å². The van der Waals surface area contributed by atoms with E-state index in [4.69, 9.17) is 4.74 Å². The van der Waals surface area contributed by atoms with E-state index in [0.29, 0.717) is 12.6 Å². The van der Waals surface area contributed by atoms with E-state index in [-0.39, 0.29) is 12.7 Å². The zero-order valence-electron chi connectivity index (χ0n) is 14.3. The number of hydrogen-bond acceptors (Lipinski definition) is 4. The Morgan fingerprint density at radius 3 is 2.74 bits per heavy atom. The summed E-state index contributed by atoms with van der Waals surface area (Å²) >= 11 is 0. The summed E-state index contributed by atoms with van der Waals surface area (Å²) in [5, 5.41) is 12.9. The van der Waals surface area contributed by atoms with Crippen LogP contribution in [0.15, 0.2) is 24.3 Å². The highest BCUT2D eigenvalue weighted by Gasteiger charge is 2.25. The summed E-state index contributed by atoms with van der Waals surface area (Å²) < 4.78 is 5.46. The second kappa shape index (κ2) is 7.68. The van der Waals surface area contributed by atoms with Crippen molar-refractivity contribution >= 4 is 11.8 Å². The molecule has 0 saturated carbocycles. The van der Waals surface area contributed by atoms with Gasteiger partial charge in [-0.2, -0.15) is 0 Å². The maximum Gasteiger partial charge on any atom is 0.410 e. The fourth-order valence-electron chi connectivity index (χ4n) is 2.77. The van der Waals surface area contributed by atoms with Crippen molar-refractivity contribution in [2.45, 2.75) is 58.3 Å². The molecule has 1 fully saturated rings. The smallest absolute Gasteiger partial charge is 0.410 e. The molecule has 1 atom stereocenters. The summed E-state index contributed by atoms with van der Waals surface area (Å²) in [6, 6.07) is 8.10. The van der Waals surface area contributed by atoms with E-state index in [2.05, 4.69) is 5.32 Å². The van der Waals surface area contributed by atoms with Crippen LogP contribution in [0.4, 0.5) is 10.5 Å². The average Bonchev–Trinajstić information content (AvgIpc) is 2.72. The molecular formula is C18H28N2O3. The summed E-state index contributed by atoms with van der Waals surface area (Å²) in [4.78, 5) is 14.0. The van der Waals surface area contributed by atoms with Crippen LogP contribution in [-0.2, 0) is 11.3 Å². The second-order valence-corrected chi connectivity index (χ2v) is 7.05. The molecule has 2 rings (SSSR count). The molecular weight excluding hydrogens is 292 g/mol. The summed E-state index contributed by atoms with van der Waals surface area (Å²) in [7, 11) is 0. The number of rotatable bonds is 3. The third kappa shape index (κ3) is 5.43. The van der Waals surface area contributed by atoms with Gasteiger partial charge in [-0.1, -0.05) is 18.2 Å². The van der Waals surface area contributed by atoms with Gasteiger partial charge in [0.1, 0.15) is 5.60 Å². The Hall–Kier alpha value is -1.75. The van der Waals surface area contributed by atoms with Gasteiger partial charge in [-0.25, -0.2) is 4.79 Å². The van der Waals surface area contributed by atoms with Gasteiger partial charge in [0.15, 0.2) is 0 Å². The number of carbonyl (C=O) groups excluding carboxylic acids is 1. The van der Waals surface area contributed by atoms with Crippen LogP contribution in [0.1, 0.15) is 45.6 Å². The molecule has 23 heavy (non-hydrogen) atoms. The molecule has 1 aliphatic heterocycles. The molecule has 0 aromatic heterocycles. The molecule has 128 valence electrons. The number of carbonyl (C=O) groups is 1. The van der Waals surface area contributed by atoms with Gasteiger partial charge in [0.2, 0.25) is 0 Å². The Balaban J connectivity index is 1.92. The van der Waals surface area contributed by atoms with Gasteiger partial charge < -0.3 is 20.1 Å². The minimum Gasteiger partial charge on any atom is -0.444 e. The van der Waals surface area contributed by atoms with Crippen molar-refractivity contribution in [3.63, 3.8) is 0 Å². The summed E-state index contributed by atoms with van der Waals surface area (Å²) in [5.41, 5.74) is 1.42. The Kier molecular flexibility index (Phi) is 5.88. The van der Waals surface area contributed by atoms with Crippen molar-refractivity contribution in [2.24, 2.45) is 0 Å². The number of nitrogens with one attached hydrogen (secondary N) is 1. The highest BCUT2D eigenvalue weighted by Crippen LogP contribution is 2.21. The zero-order chi connectivity index (χ0) is 16.9. The largest absolute Gasteiger partial charge is 0.444 e. The van der Waals surface area contributed by atoms with Crippen LogP contribution in [0.2, 0.25) is 0 Å². The quantitative estimate of drug-likeness (QED) is 0.896. The number of anilines is 1. The number of hydrogen-bond donors (Lipinski definition) is 2. The fourth-order valence-corrected chi connectivity index (χ4v) is 2.77. The number of para-hydroxylation sites is 1. The molecule has 1 saturated heterocycles. The molecule has 1 aliphatic rings. The minimum atomic E-state index is -0.457. The van der Waals surface area contributed by atoms with E-state index in [9.17, 15) is 9.90 Å². The monoisotopic (exact) mass is 320 g/mol. The molecule has 0 aliphatic carbocycles. The Bertz CT molecular complexity index is 525. The Morgan fingerprint density at radius 2 is 2.04 bits per heavy atom. The first-order chi connectivity index (χ1) is 10.9. The molecule has 5 nitrogen and oxygen atoms in total. The molecule has 1 aromatic rings. The number of likely N-dealkylation sites (tertiary alicyclic amines) is 1. The molecule has 0 spiro atoms. The Morgan fingerprint density at radius 1 is 1.30 bits per heavy atom. The summed E-state index contributed by atoms with van der Waals surface area (Å²) in [6.45, 7) is 7.11. The maximum absolute atomic E-state index is 12.2. The standard InChI is InChI=1S/C18H28N2O3/c1-18(2,3)23-17(22)20-11-6-8-15(10-12-20)19-16-9-5-4-7-14(16)13-21/h4-5,7,9,15,19,21H,6,8,10-13H2,1-3H3/t15-/m0/s1. The van der Waals surface area contributed by atoms with Gasteiger partial charge in [-0.3, -0.25) is 0 Å². The Labute approximate surface area is 138 Å². The topological polar surface area (TPSA) is 61.8 Å². The number of ether oxygens (including phenoxy) is 1. The van der Waals surface area contributed by atoms with E-state index in [1.165, 1.54) is 0 Å². The van der Waals surface area contributed by atoms with Crippen molar-refractivity contribution in [3.8, 4) is 0 Å². The van der Waals surface area contributed by atoms with E-state index < -0.39 is 5.60 Å². The van der Waals surface area contributed by atoms with Crippen molar-refractivity contribution in [3.05, 3.63) is 29.8 Å². The summed E-state index contributed by atoms with van der Waals surface area (Å²) in [6.07, 6.45) is 2.59. The van der Waals surface area contributed by atoms with Crippen LogP contribution in [0.25, 0.3) is 0 Å². The fraction of sp³-hybridized carbons (Fsp3) is 0.611. The van der Waals surface area contributed by atoms with Gasteiger partial charge in [0.25, 0.3) is 0 Å². The van der Waals surface area contributed by atoms with E-state index in [1.54, 1.807) is 4.90 Å². The van der Waals surface area contributed by atoms with Gasteiger partial charge >= 0.3 is 6.09 Å². The van der Waals surface area contributed by atoms with Crippen LogP contribution >= 0.6 is 0 Å². The highest BCUT2D eigenvalue weighted by molar-refractivity contribution is 5.68. The molecule has 1 amide bonds. The van der Waals surface area contributed by atoms with Crippen LogP contribution in [0, 0.1) is 0 Å². The molecule has 0 bridgehead atoms. The van der Waals surface area contributed by atoms with Gasteiger partial charge in [0.05, 0.1) is 6.61 Å². The number of aliphatic hydroxyl groups is 1. The molecule has 0 radical (unpaired) electrons. The van der Waals surface area contributed by atoms with Gasteiger partial charge in [-0.15, -0.1) is 0 Å². The third-order valence-electron chi connectivity index (χ3n) is 3.93. The lowest BCUT2D eigenvalue weighted by Gasteiger charge is -2.26. The predicted octanol–water partition coefficient (Wildman–Crippen LogP) is 3.38. The van der Waals surface area contributed by atoms with E-state index >= 15 is 0 Å². The third-order valence-corrected chi connectivity index (χ3v) is 3.93. The first-order valence-corrected chi connectivity index (χ1v) is 8.32. The van der Waals surface area contributed by atoms with Crippen LogP contribution in [0.3, 0.4) is 0 Å². The van der Waals surface area contributed by atoms with Gasteiger partial charge in [-0.05, 0) is 46.1 Å². The second-order valence-electron chi connectivity index (χ2n) is 7.05. The van der Waals surface area contributed by atoms with Crippen molar-refractivity contribution in [1.82, 2.24) is 4.90 Å². The van der Waals surface area contributed by atoms with Crippen LogP contribution in [-0.4, -0.2) is 40.8 Å². The highest BCUT2D eigenvalue weighted by atomic mass is 16.6. The van der Waals surface area contributed by atoms with Gasteiger partial charge in [0, 0.05) is 30.4 Å². The predicted molar refractivity (Wildman–Crippen MR) is 91.4 cm³/mol. The zero-order valence-corrected chi connectivity index (χ0v) is 14.3. The maximum atomic E-state index is 12.2. The first-order valence-electron chi connectivity index (χ1n) is 8.32. The minimum absolute atomic E-state index is 0.0277.